The smallest absolute Gasteiger partial charge is 0.218 e. The van der Waals surface area contributed by atoms with Gasteiger partial charge in [0.1, 0.15) is 0 Å². The average molecular weight is 603 g/mol. The number of rotatable bonds is 6. The van der Waals surface area contributed by atoms with Crippen molar-refractivity contribution < 1.29 is 27.8 Å². The summed E-state index contributed by atoms with van der Waals surface area (Å²) in [4.78, 5) is 33.1. The molecule has 0 radical (unpaired) electrons. The van der Waals surface area contributed by atoms with Crippen molar-refractivity contribution >= 4 is 11.6 Å². The third kappa shape index (κ3) is 5.36. The number of halogens is 2. The summed E-state index contributed by atoms with van der Waals surface area (Å²) < 4.78 is 42.1. The van der Waals surface area contributed by atoms with Gasteiger partial charge in [0.15, 0.2) is 24.0 Å². The van der Waals surface area contributed by atoms with E-state index in [1.54, 1.807) is 9.36 Å². The summed E-state index contributed by atoms with van der Waals surface area (Å²) in [6, 6.07) is 18.9. The highest BCUT2D eigenvalue weighted by atomic mass is 19.1. The Kier molecular flexibility index (Phi) is 7.85. The number of Topliss-reactive ketones (excluding diaryl/α,β-unsaturated/α-hetero) is 2. The molecule has 0 spiro atoms. The number of nitrogens with zero attached hydrogens (tertiary/aromatic N) is 6. The first-order valence-electron chi connectivity index (χ1n) is 15.0. The molecule has 2 fully saturated rings. The Morgan fingerprint density at radius 2 is 1.07 bits per heavy atom. The molecule has 0 N–H and O–H groups in total. The second-order valence-electron chi connectivity index (χ2n) is 11.6. The van der Waals surface area contributed by atoms with E-state index in [4.69, 9.17) is 9.47 Å². The number of ketones is 2. The van der Waals surface area contributed by atoms with Gasteiger partial charge in [-0.3, -0.25) is 9.59 Å². The molecule has 6 heterocycles. The molecule has 4 aliphatic heterocycles. The first-order chi connectivity index (χ1) is 21.5. The van der Waals surface area contributed by atoms with Crippen LogP contribution in [0.3, 0.4) is 0 Å². The van der Waals surface area contributed by atoms with E-state index in [2.05, 4.69) is 20.2 Å². The summed E-state index contributed by atoms with van der Waals surface area (Å²) in [6.45, 7) is 1.98. The highest BCUT2D eigenvalue weighted by Gasteiger charge is 2.39. The lowest BCUT2D eigenvalue weighted by Crippen LogP contribution is -2.17. The number of benzene rings is 2. The van der Waals surface area contributed by atoms with Gasteiger partial charge in [0.2, 0.25) is 23.2 Å². The molecule has 0 unspecified atom stereocenters. The Balaban J connectivity index is 0.000000142. The Morgan fingerprint density at radius 1 is 0.659 bits per heavy atom. The van der Waals surface area contributed by atoms with Crippen LogP contribution in [0.4, 0.5) is 8.78 Å². The Morgan fingerprint density at radius 3 is 1.43 bits per heavy atom. The molecule has 228 valence electrons. The van der Waals surface area contributed by atoms with Crippen LogP contribution in [0.25, 0.3) is 0 Å². The van der Waals surface area contributed by atoms with Gasteiger partial charge in [-0.25, -0.2) is 28.1 Å². The third-order valence-corrected chi connectivity index (χ3v) is 8.74. The van der Waals surface area contributed by atoms with Gasteiger partial charge in [0.25, 0.3) is 0 Å². The van der Waals surface area contributed by atoms with Gasteiger partial charge < -0.3 is 9.47 Å². The standard InChI is InChI=1S/2C16H16FN3O2/c2*17-12-8-13(10-4-2-1-3-5-10)20-16(12)18-15(19-20)14(21)11-6-7-22-9-11/h2*1-5,11-13H,6-9H2/t11-,12+,13+;11-,12-,13-/m10/s1. The van der Waals surface area contributed by atoms with Gasteiger partial charge in [-0.15, -0.1) is 10.2 Å². The first kappa shape index (κ1) is 28.6. The fraction of sp³-hybridized carbons (Fsp3) is 0.438. The molecular formula is C32H32F2N6O4. The zero-order valence-electron chi connectivity index (χ0n) is 24.0. The van der Waals surface area contributed by atoms with Crippen molar-refractivity contribution in [2.45, 2.75) is 50.1 Å². The van der Waals surface area contributed by atoms with Gasteiger partial charge in [-0.2, -0.15) is 0 Å². The van der Waals surface area contributed by atoms with E-state index in [1.165, 1.54) is 0 Å². The van der Waals surface area contributed by atoms with Gasteiger partial charge in [-0.1, -0.05) is 60.7 Å². The summed E-state index contributed by atoms with van der Waals surface area (Å²) in [6.07, 6.45) is -0.354. The highest BCUT2D eigenvalue weighted by molar-refractivity contribution is 5.95. The van der Waals surface area contributed by atoms with Crippen molar-refractivity contribution in [1.82, 2.24) is 29.5 Å². The molecule has 2 aromatic heterocycles. The number of hydrogen-bond acceptors (Lipinski definition) is 8. The van der Waals surface area contributed by atoms with E-state index in [1.807, 2.05) is 60.7 Å². The minimum atomic E-state index is -1.18. The van der Waals surface area contributed by atoms with Crippen molar-refractivity contribution in [3.05, 3.63) is 95.1 Å². The Bertz CT molecular complexity index is 1510. The molecule has 0 amide bonds. The maximum Gasteiger partial charge on any atom is 0.218 e. The molecule has 44 heavy (non-hydrogen) atoms. The van der Waals surface area contributed by atoms with Crippen molar-refractivity contribution in [1.29, 1.82) is 0 Å². The van der Waals surface area contributed by atoms with E-state index in [9.17, 15) is 18.4 Å². The molecule has 10 nitrogen and oxygen atoms in total. The second kappa shape index (κ2) is 12.1. The van der Waals surface area contributed by atoms with Gasteiger partial charge >= 0.3 is 0 Å². The molecule has 2 saturated heterocycles. The van der Waals surface area contributed by atoms with Crippen LogP contribution in [0.5, 0.6) is 0 Å². The molecule has 0 aliphatic carbocycles. The Labute approximate surface area is 252 Å². The second-order valence-corrected chi connectivity index (χ2v) is 11.6. The topological polar surface area (TPSA) is 114 Å². The SMILES string of the molecule is O=C(c1nc2n(n1)[C@H](c1ccccc1)C[C@@H]2F)[C@@H]1CCOC1.O=C(c1nc2n(n1)[C@H](c1ccccc1)C[C@@H]2F)[C@H]1CCOC1. The van der Waals surface area contributed by atoms with Crippen molar-refractivity contribution in [3.63, 3.8) is 0 Å². The molecule has 8 rings (SSSR count). The number of alkyl halides is 2. The minimum Gasteiger partial charge on any atom is -0.381 e. The van der Waals surface area contributed by atoms with Gasteiger partial charge in [-0.05, 0) is 24.0 Å². The average Bonchev–Trinajstić information content (AvgIpc) is 3.90. The fourth-order valence-electron chi connectivity index (χ4n) is 6.32. The maximum absolute atomic E-state index is 14.2. The number of fused-ring (bicyclic) bond motifs is 2. The molecule has 2 aromatic carbocycles. The zero-order chi connectivity index (χ0) is 30.2. The number of ether oxygens (including phenoxy) is 2. The summed E-state index contributed by atoms with van der Waals surface area (Å²) in [5.41, 5.74) is 1.97. The van der Waals surface area contributed by atoms with Crippen LogP contribution in [0.15, 0.2) is 60.7 Å². The Hall–Kier alpha value is -4.16. The molecule has 0 bridgehead atoms. The van der Waals surface area contributed by atoms with Crippen LogP contribution in [-0.4, -0.2) is 67.5 Å². The van der Waals surface area contributed by atoms with Crippen LogP contribution >= 0.6 is 0 Å². The van der Waals surface area contributed by atoms with Gasteiger partial charge in [0.05, 0.1) is 37.1 Å². The zero-order valence-corrected chi connectivity index (χ0v) is 24.0. The van der Waals surface area contributed by atoms with Crippen LogP contribution in [0.1, 0.15) is 94.1 Å². The predicted octanol–water partition coefficient (Wildman–Crippen LogP) is 5.00. The third-order valence-electron chi connectivity index (χ3n) is 8.74. The van der Waals surface area contributed by atoms with Gasteiger partial charge in [0, 0.05) is 26.1 Å². The van der Waals surface area contributed by atoms with E-state index >= 15 is 0 Å². The summed E-state index contributed by atoms with van der Waals surface area (Å²) >= 11 is 0. The van der Waals surface area contributed by atoms with E-state index in [0.717, 1.165) is 11.1 Å². The number of aromatic nitrogens is 6. The molecule has 4 aliphatic rings. The lowest BCUT2D eigenvalue weighted by molar-refractivity contribution is 0.0880. The van der Waals surface area contributed by atoms with E-state index in [-0.39, 0.29) is 58.8 Å². The normalized spacial score (nSPS) is 27.0. The fourth-order valence-corrected chi connectivity index (χ4v) is 6.32. The highest BCUT2D eigenvalue weighted by Crippen LogP contribution is 2.40. The first-order valence-corrected chi connectivity index (χ1v) is 15.0. The van der Waals surface area contributed by atoms with E-state index < -0.39 is 12.3 Å². The van der Waals surface area contributed by atoms with E-state index in [0.29, 0.717) is 52.1 Å². The predicted molar refractivity (Wildman–Crippen MR) is 153 cm³/mol. The molecule has 6 atom stereocenters. The van der Waals surface area contributed by atoms with Crippen molar-refractivity contribution in [2.24, 2.45) is 11.8 Å². The molecule has 0 saturated carbocycles. The summed E-state index contributed by atoms with van der Waals surface area (Å²) in [7, 11) is 0. The lowest BCUT2D eigenvalue weighted by Gasteiger charge is -2.11. The largest absolute Gasteiger partial charge is 0.381 e. The summed E-state index contributed by atoms with van der Waals surface area (Å²) in [5.74, 6) is 0.0827. The monoisotopic (exact) mass is 602 g/mol. The maximum atomic E-state index is 14.2. The molecule has 12 heteroatoms. The van der Waals surface area contributed by atoms with Crippen molar-refractivity contribution in [2.75, 3.05) is 26.4 Å². The number of carbonyl (C=O) groups is 2. The van der Waals surface area contributed by atoms with Crippen LogP contribution in [0, 0.1) is 11.8 Å². The quantitative estimate of drug-likeness (QED) is 0.283. The molecule has 4 aromatic rings. The van der Waals surface area contributed by atoms with Crippen LogP contribution in [-0.2, 0) is 9.47 Å². The lowest BCUT2D eigenvalue weighted by atomic mass is 10.0. The van der Waals surface area contributed by atoms with Crippen molar-refractivity contribution in [3.8, 4) is 0 Å². The summed E-state index contributed by atoms with van der Waals surface area (Å²) in [5, 5.41) is 8.61. The molecular weight excluding hydrogens is 570 g/mol. The number of hydrogen-bond donors (Lipinski definition) is 0. The van der Waals surface area contributed by atoms with Crippen LogP contribution in [0.2, 0.25) is 0 Å². The number of carbonyl (C=O) groups excluding carboxylic acids is 2. The minimum absolute atomic E-state index is 0.119. The van der Waals surface area contributed by atoms with Crippen LogP contribution < -0.4 is 0 Å².